The highest BCUT2D eigenvalue weighted by molar-refractivity contribution is 6.62. The van der Waals surface area contributed by atoms with Crippen LogP contribution in [0.1, 0.15) is 25.7 Å². The second kappa shape index (κ2) is 4.74. The molecule has 1 aliphatic carbocycles. The summed E-state index contributed by atoms with van der Waals surface area (Å²) in [6.07, 6.45) is 4.82. The third-order valence-electron chi connectivity index (χ3n) is 3.51. The van der Waals surface area contributed by atoms with Crippen molar-refractivity contribution < 1.29 is 15.1 Å². The highest BCUT2D eigenvalue weighted by Crippen LogP contribution is 2.32. The summed E-state index contributed by atoms with van der Waals surface area (Å²) in [6.45, 7) is 0.117. The number of hydrogen-bond donors (Lipinski definition) is 2. The maximum Gasteiger partial charge on any atom is 0.191 e. The smallest absolute Gasteiger partial charge is 0.191 e. The molecule has 0 saturated heterocycles. The van der Waals surface area contributed by atoms with Crippen molar-refractivity contribution in [3.63, 3.8) is 0 Å². The van der Waals surface area contributed by atoms with E-state index in [9.17, 15) is 9.90 Å². The van der Waals surface area contributed by atoms with Crippen molar-refractivity contribution in [1.29, 1.82) is 0 Å². The number of carbonyl (C=O) groups is 1. The Kier molecular flexibility index (Phi) is 3.33. The Labute approximate surface area is 93.9 Å². The summed E-state index contributed by atoms with van der Waals surface area (Å²) in [5, 5.41) is 20.8. The van der Waals surface area contributed by atoms with Gasteiger partial charge in [0, 0.05) is 12.5 Å². The Morgan fingerprint density at radius 3 is 3.00 bits per heavy atom. The fourth-order valence-corrected chi connectivity index (χ4v) is 2.57. The number of carbonyl (C=O) groups excluding carboxylic acids is 1. The van der Waals surface area contributed by atoms with Crippen molar-refractivity contribution in [2.45, 2.75) is 31.7 Å². The van der Waals surface area contributed by atoms with Crippen molar-refractivity contribution >= 4 is 17.7 Å². The summed E-state index contributed by atoms with van der Waals surface area (Å²) in [5.74, 6) is -0.175. The van der Waals surface area contributed by atoms with Gasteiger partial charge < -0.3 is 10.3 Å². The average Bonchev–Trinajstić information content (AvgIpc) is 2.52. The van der Waals surface area contributed by atoms with Crippen LogP contribution in [-0.4, -0.2) is 40.7 Å². The van der Waals surface area contributed by atoms with Crippen LogP contribution in [0.15, 0.2) is 10.1 Å². The Morgan fingerprint density at radius 1 is 1.50 bits per heavy atom. The zero-order chi connectivity index (χ0) is 11.5. The molecule has 2 aliphatic rings. The standard InChI is InChI=1S/C11H16N2O3/c14-6-7-2-1-3-9-8(4-7)11(15)10(13-16)5-12-9/h5,7-9,14,16H,1-4,6H2/t7?,8-,9?/m1/s1. The molecule has 5 heteroatoms. The second-order valence-electron chi connectivity index (χ2n) is 4.52. The van der Waals surface area contributed by atoms with Crippen LogP contribution in [0.2, 0.25) is 0 Å². The summed E-state index contributed by atoms with van der Waals surface area (Å²) < 4.78 is 0. The van der Waals surface area contributed by atoms with Crippen molar-refractivity contribution in [3.8, 4) is 0 Å². The molecule has 0 bridgehead atoms. The molecular formula is C11H16N2O3. The molecule has 0 spiro atoms. The molecule has 1 aliphatic heterocycles. The van der Waals surface area contributed by atoms with E-state index in [1.54, 1.807) is 0 Å². The van der Waals surface area contributed by atoms with E-state index in [-0.39, 0.29) is 36.0 Å². The van der Waals surface area contributed by atoms with Crippen LogP contribution in [0.25, 0.3) is 0 Å². The lowest BCUT2D eigenvalue weighted by Gasteiger charge is -2.24. The molecule has 5 nitrogen and oxygen atoms in total. The van der Waals surface area contributed by atoms with E-state index < -0.39 is 0 Å². The number of hydrogen-bond acceptors (Lipinski definition) is 5. The zero-order valence-electron chi connectivity index (χ0n) is 9.04. The highest BCUT2D eigenvalue weighted by atomic mass is 16.4. The van der Waals surface area contributed by atoms with E-state index >= 15 is 0 Å². The SMILES string of the molecule is O=C1C(=NO)C=NC2CCCC(CO)C[C@@H]12. The van der Waals surface area contributed by atoms with Gasteiger partial charge in [0.25, 0.3) is 0 Å². The van der Waals surface area contributed by atoms with E-state index in [1.165, 1.54) is 6.21 Å². The summed E-state index contributed by atoms with van der Waals surface area (Å²) in [6, 6.07) is 0.00884. The monoisotopic (exact) mass is 224 g/mol. The molecule has 0 aromatic rings. The third-order valence-corrected chi connectivity index (χ3v) is 3.51. The Balaban J connectivity index is 2.21. The molecule has 2 N–H and O–H groups in total. The minimum atomic E-state index is -0.212. The normalized spacial score (nSPS) is 37.2. The van der Waals surface area contributed by atoms with Crippen molar-refractivity contribution in [1.82, 2.24) is 0 Å². The molecule has 1 saturated carbocycles. The van der Waals surface area contributed by atoms with Gasteiger partial charge in [0.15, 0.2) is 11.5 Å². The van der Waals surface area contributed by atoms with Gasteiger partial charge in [-0.2, -0.15) is 0 Å². The Bertz CT molecular complexity index is 338. The predicted molar refractivity (Wildman–Crippen MR) is 59.0 cm³/mol. The van der Waals surface area contributed by atoms with Crippen LogP contribution >= 0.6 is 0 Å². The highest BCUT2D eigenvalue weighted by Gasteiger charge is 2.37. The molecule has 1 heterocycles. The summed E-state index contributed by atoms with van der Waals surface area (Å²) in [7, 11) is 0. The largest absolute Gasteiger partial charge is 0.410 e. The Morgan fingerprint density at radius 2 is 2.31 bits per heavy atom. The van der Waals surface area contributed by atoms with Gasteiger partial charge in [-0.15, -0.1) is 0 Å². The van der Waals surface area contributed by atoms with E-state index in [4.69, 9.17) is 5.21 Å². The van der Waals surface area contributed by atoms with E-state index in [1.807, 2.05) is 0 Å². The van der Waals surface area contributed by atoms with Gasteiger partial charge in [-0.3, -0.25) is 9.79 Å². The molecule has 3 atom stereocenters. The van der Waals surface area contributed by atoms with Crippen LogP contribution in [0.4, 0.5) is 0 Å². The number of fused-ring (bicyclic) bond motifs is 1. The molecule has 2 unspecified atom stereocenters. The minimum absolute atomic E-state index is 0.00884. The van der Waals surface area contributed by atoms with Crippen molar-refractivity contribution in [2.24, 2.45) is 22.0 Å². The van der Waals surface area contributed by atoms with Crippen LogP contribution in [0, 0.1) is 11.8 Å². The predicted octanol–water partition coefficient (Wildman–Crippen LogP) is 0.637. The number of ketones is 1. The third kappa shape index (κ3) is 2.00. The molecule has 2 rings (SSSR count). The fraction of sp³-hybridized carbons (Fsp3) is 0.727. The number of nitrogens with zero attached hydrogens (tertiary/aromatic N) is 2. The number of aliphatic hydroxyl groups is 1. The van der Waals surface area contributed by atoms with Gasteiger partial charge in [-0.1, -0.05) is 11.6 Å². The van der Waals surface area contributed by atoms with Crippen LogP contribution < -0.4 is 0 Å². The van der Waals surface area contributed by atoms with Gasteiger partial charge in [0.2, 0.25) is 0 Å². The molecule has 0 aromatic carbocycles. The second-order valence-corrected chi connectivity index (χ2v) is 4.52. The van der Waals surface area contributed by atoms with Gasteiger partial charge in [-0.25, -0.2) is 0 Å². The number of aliphatic imine (C=N–C) groups is 1. The first kappa shape index (κ1) is 11.3. The lowest BCUT2D eigenvalue weighted by Crippen LogP contribution is -2.38. The molecular weight excluding hydrogens is 208 g/mol. The summed E-state index contributed by atoms with van der Waals surface area (Å²) >= 11 is 0. The number of rotatable bonds is 1. The first-order valence-electron chi connectivity index (χ1n) is 5.66. The van der Waals surface area contributed by atoms with Crippen LogP contribution in [-0.2, 0) is 4.79 Å². The topological polar surface area (TPSA) is 82.2 Å². The maximum atomic E-state index is 11.9. The number of oxime groups is 1. The average molecular weight is 224 g/mol. The summed E-state index contributed by atoms with van der Waals surface area (Å²) in [5.41, 5.74) is 0.0415. The van der Waals surface area contributed by atoms with E-state index in [0.717, 1.165) is 19.3 Å². The number of Topliss-reactive ketones (excluding diaryl/α,β-unsaturated/α-hetero) is 1. The summed E-state index contributed by atoms with van der Waals surface area (Å²) in [4.78, 5) is 16.2. The molecule has 0 radical (unpaired) electrons. The van der Waals surface area contributed by atoms with E-state index in [0.29, 0.717) is 6.42 Å². The molecule has 16 heavy (non-hydrogen) atoms. The molecule has 1 fully saturated rings. The van der Waals surface area contributed by atoms with Gasteiger partial charge in [0.1, 0.15) is 0 Å². The lowest BCUT2D eigenvalue weighted by molar-refractivity contribution is -0.117. The van der Waals surface area contributed by atoms with E-state index in [2.05, 4.69) is 10.1 Å². The van der Waals surface area contributed by atoms with Gasteiger partial charge >= 0.3 is 0 Å². The van der Waals surface area contributed by atoms with Crippen molar-refractivity contribution in [3.05, 3.63) is 0 Å². The molecule has 0 aromatic heterocycles. The van der Waals surface area contributed by atoms with Crippen LogP contribution in [0.3, 0.4) is 0 Å². The van der Waals surface area contributed by atoms with Crippen LogP contribution in [0.5, 0.6) is 0 Å². The first-order chi connectivity index (χ1) is 7.76. The van der Waals surface area contributed by atoms with Gasteiger partial charge in [-0.05, 0) is 25.2 Å². The molecule has 0 amide bonds. The van der Waals surface area contributed by atoms with Crippen molar-refractivity contribution in [2.75, 3.05) is 6.61 Å². The Hall–Kier alpha value is -1.23. The number of aliphatic hydroxyl groups excluding tert-OH is 1. The minimum Gasteiger partial charge on any atom is -0.410 e. The zero-order valence-corrected chi connectivity index (χ0v) is 9.04. The maximum absolute atomic E-state index is 11.9. The quantitative estimate of drug-likeness (QED) is 0.506. The fourth-order valence-electron chi connectivity index (χ4n) is 2.57. The van der Waals surface area contributed by atoms with Gasteiger partial charge in [0.05, 0.1) is 12.3 Å². The first-order valence-corrected chi connectivity index (χ1v) is 5.66. The molecule has 88 valence electrons. The lowest BCUT2D eigenvalue weighted by atomic mass is 9.84.